The Balaban J connectivity index is 2.05. The van der Waals surface area contributed by atoms with E-state index in [1.165, 1.54) is 4.90 Å². The highest BCUT2D eigenvalue weighted by atomic mass is 16.5. The summed E-state index contributed by atoms with van der Waals surface area (Å²) < 4.78 is 5.06. The Morgan fingerprint density at radius 2 is 1.95 bits per heavy atom. The second-order valence-electron chi connectivity index (χ2n) is 6.00. The molecule has 1 aromatic carbocycles. The van der Waals surface area contributed by atoms with E-state index >= 15 is 0 Å². The summed E-state index contributed by atoms with van der Waals surface area (Å²) in [6.07, 6.45) is 2.14. The van der Waals surface area contributed by atoms with Gasteiger partial charge in [0.1, 0.15) is 0 Å². The fourth-order valence-electron chi connectivity index (χ4n) is 3.04. The normalized spacial score (nSPS) is 17.0. The van der Waals surface area contributed by atoms with Gasteiger partial charge < -0.3 is 4.74 Å². The molecular weight excluding hydrogens is 282 g/mol. The van der Waals surface area contributed by atoms with Crippen LogP contribution in [-0.2, 0) is 4.74 Å². The summed E-state index contributed by atoms with van der Waals surface area (Å²) in [6, 6.07) is 1.64. The fourth-order valence-corrected chi connectivity index (χ4v) is 3.04. The Hall–Kier alpha value is -2.17. The van der Waals surface area contributed by atoms with Gasteiger partial charge in [-0.15, -0.1) is 0 Å². The number of carbonyl (C=O) groups is 3. The quantitative estimate of drug-likeness (QED) is 0.633. The maximum absolute atomic E-state index is 12.6. The van der Waals surface area contributed by atoms with Crippen molar-refractivity contribution in [2.75, 3.05) is 13.2 Å². The number of imide groups is 1. The first-order chi connectivity index (χ1) is 10.5. The molecule has 3 rings (SSSR count). The topological polar surface area (TPSA) is 63.7 Å². The predicted octanol–water partition coefficient (Wildman–Crippen LogP) is 2.49. The van der Waals surface area contributed by atoms with Crippen LogP contribution < -0.4 is 0 Å². The highest BCUT2D eigenvalue weighted by Crippen LogP contribution is 2.35. The monoisotopic (exact) mass is 301 g/mol. The van der Waals surface area contributed by atoms with Gasteiger partial charge in [0.15, 0.2) is 0 Å². The number of rotatable bonds is 4. The molecule has 1 fully saturated rings. The Kier molecular flexibility index (Phi) is 3.51. The van der Waals surface area contributed by atoms with Gasteiger partial charge in [-0.3, -0.25) is 14.5 Å². The number of aryl methyl sites for hydroxylation is 1. The van der Waals surface area contributed by atoms with Crippen LogP contribution in [0.3, 0.4) is 0 Å². The van der Waals surface area contributed by atoms with Gasteiger partial charge in [-0.25, -0.2) is 4.79 Å². The minimum absolute atomic E-state index is 0.242. The van der Waals surface area contributed by atoms with E-state index < -0.39 is 5.97 Å². The van der Waals surface area contributed by atoms with Crippen molar-refractivity contribution in [3.05, 3.63) is 33.9 Å². The van der Waals surface area contributed by atoms with Crippen molar-refractivity contribution < 1.29 is 19.1 Å². The summed E-state index contributed by atoms with van der Waals surface area (Å²) in [5, 5.41) is 0. The lowest BCUT2D eigenvalue weighted by Gasteiger charge is -2.13. The molecule has 0 bridgehead atoms. The smallest absolute Gasteiger partial charge is 0.338 e. The van der Waals surface area contributed by atoms with Gasteiger partial charge in [0, 0.05) is 6.54 Å². The van der Waals surface area contributed by atoms with Crippen molar-refractivity contribution in [1.29, 1.82) is 0 Å². The van der Waals surface area contributed by atoms with Crippen molar-refractivity contribution in [2.24, 2.45) is 5.92 Å². The minimum atomic E-state index is -0.443. The van der Waals surface area contributed by atoms with Gasteiger partial charge in [-0.2, -0.15) is 0 Å². The molecule has 1 saturated carbocycles. The van der Waals surface area contributed by atoms with Crippen molar-refractivity contribution in [2.45, 2.75) is 33.6 Å². The molecule has 1 aliphatic heterocycles. The molecule has 5 nitrogen and oxygen atoms in total. The van der Waals surface area contributed by atoms with E-state index in [-0.39, 0.29) is 18.4 Å². The Morgan fingerprint density at radius 1 is 1.27 bits per heavy atom. The van der Waals surface area contributed by atoms with Gasteiger partial charge >= 0.3 is 5.97 Å². The molecule has 0 spiro atoms. The zero-order valence-corrected chi connectivity index (χ0v) is 13.1. The molecule has 0 N–H and O–H groups in total. The van der Waals surface area contributed by atoms with E-state index in [9.17, 15) is 14.4 Å². The van der Waals surface area contributed by atoms with Gasteiger partial charge in [0.25, 0.3) is 11.8 Å². The first kappa shape index (κ1) is 14.8. The second kappa shape index (κ2) is 5.23. The van der Waals surface area contributed by atoms with Crippen LogP contribution in [0.1, 0.15) is 62.0 Å². The molecule has 1 heterocycles. The third-order valence-corrected chi connectivity index (χ3v) is 4.33. The molecule has 0 atom stereocenters. The number of esters is 1. The zero-order valence-electron chi connectivity index (χ0n) is 13.1. The first-order valence-electron chi connectivity index (χ1n) is 7.63. The Labute approximate surface area is 129 Å². The van der Waals surface area contributed by atoms with Crippen LogP contribution in [0.4, 0.5) is 0 Å². The van der Waals surface area contributed by atoms with E-state index in [2.05, 4.69) is 0 Å². The van der Waals surface area contributed by atoms with Gasteiger partial charge in [-0.1, -0.05) is 0 Å². The SMILES string of the molecule is CCOC(=O)c1c(C)cc2c(c1C)C(=O)N(CC1CC1)C2=O. The molecule has 2 amide bonds. The lowest BCUT2D eigenvalue weighted by atomic mass is 9.94. The summed E-state index contributed by atoms with van der Waals surface area (Å²) in [7, 11) is 0. The number of fused-ring (bicyclic) bond motifs is 1. The number of benzene rings is 1. The summed E-state index contributed by atoms with van der Waals surface area (Å²) >= 11 is 0. The molecule has 0 radical (unpaired) electrons. The van der Waals surface area contributed by atoms with Gasteiger partial charge in [0.05, 0.1) is 23.3 Å². The van der Waals surface area contributed by atoms with E-state index in [1.807, 2.05) is 0 Å². The van der Waals surface area contributed by atoms with E-state index in [1.54, 1.807) is 26.8 Å². The molecule has 5 heteroatoms. The van der Waals surface area contributed by atoms with Crippen molar-refractivity contribution in [3.8, 4) is 0 Å². The Bertz CT molecular complexity index is 688. The number of hydrogen-bond acceptors (Lipinski definition) is 4. The maximum atomic E-state index is 12.6. The second-order valence-corrected chi connectivity index (χ2v) is 6.00. The van der Waals surface area contributed by atoms with Crippen LogP contribution in [0.15, 0.2) is 6.07 Å². The third-order valence-electron chi connectivity index (χ3n) is 4.33. The lowest BCUT2D eigenvalue weighted by Crippen LogP contribution is -2.31. The highest BCUT2D eigenvalue weighted by Gasteiger charge is 2.41. The van der Waals surface area contributed by atoms with E-state index in [0.29, 0.717) is 40.3 Å². The molecule has 2 aliphatic rings. The van der Waals surface area contributed by atoms with Crippen LogP contribution in [0.25, 0.3) is 0 Å². The lowest BCUT2D eigenvalue weighted by molar-refractivity contribution is 0.0524. The number of hydrogen-bond donors (Lipinski definition) is 0. The van der Waals surface area contributed by atoms with E-state index in [0.717, 1.165) is 12.8 Å². The third kappa shape index (κ3) is 2.21. The average Bonchev–Trinajstić information content (AvgIpc) is 3.23. The molecule has 0 unspecified atom stereocenters. The summed E-state index contributed by atoms with van der Waals surface area (Å²) in [6.45, 7) is 5.97. The maximum Gasteiger partial charge on any atom is 0.338 e. The molecule has 1 aromatic rings. The molecule has 0 aromatic heterocycles. The zero-order chi connectivity index (χ0) is 16.0. The fraction of sp³-hybridized carbons (Fsp3) is 0.471. The van der Waals surface area contributed by atoms with Crippen molar-refractivity contribution in [1.82, 2.24) is 4.90 Å². The largest absolute Gasteiger partial charge is 0.462 e. The van der Waals surface area contributed by atoms with Crippen LogP contribution in [0, 0.1) is 19.8 Å². The molecule has 1 aliphatic carbocycles. The number of carbonyl (C=O) groups excluding carboxylic acids is 3. The summed E-state index contributed by atoms with van der Waals surface area (Å²) in [4.78, 5) is 38.5. The molecule has 0 saturated heterocycles. The van der Waals surface area contributed by atoms with Gasteiger partial charge in [0.2, 0.25) is 0 Å². The number of nitrogens with zero attached hydrogens (tertiary/aromatic N) is 1. The minimum Gasteiger partial charge on any atom is -0.462 e. The van der Waals surface area contributed by atoms with Crippen LogP contribution >= 0.6 is 0 Å². The first-order valence-corrected chi connectivity index (χ1v) is 7.63. The number of amides is 2. The summed E-state index contributed by atoms with van der Waals surface area (Å²) in [5.74, 6) is -0.530. The van der Waals surface area contributed by atoms with Crippen LogP contribution in [0.2, 0.25) is 0 Å². The van der Waals surface area contributed by atoms with Crippen LogP contribution in [0.5, 0.6) is 0 Å². The summed E-state index contributed by atoms with van der Waals surface area (Å²) in [5.41, 5.74) is 2.39. The van der Waals surface area contributed by atoms with Crippen molar-refractivity contribution >= 4 is 17.8 Å². The number of ether oxygens (including phenoxy) is 1. The molecule has 116 valence electrons. The van der Waals surface area contributed by atoms with Crippen LogP contribution in [-0.4, -0.2) is 35.8 Å². The standard InChI is InChI=1S/C17H19NO4/c1-4-22-17(21)13-9(2)7-12-14(10(13)3)16(20)18(15(12)19)8-11-5-6-11/h7,11H,4-6,8H2,1-3H3. The van der Waals surface area contributed by atoms with Gasteiger partial charge in [-0.05, 0) is 56.7 Å². The highest BCUT2D eigenvalue weighted by molar-refractivity contribution is 6.23. The Morgan fingerprint density at radius 3 is 2.55 bits per heavy atom. The van der Waals surface area contributed by atoms with E-state index in [4.69, 9.17) is 4.74 Å². The molecule has 22 heavy (non-hydrogen) atoms. The van der Waals surface area contributed by atoms with Crippen molar-refractivity contribution in [3.63, 3.8) is 0 Å². The average molecular weight is 301 g/mol. The molecular formula is C17H19NO4. The predicted molar refractivity (Wildman–Crippen MR) is 80.0 cm³/mol.